The Morgan fingerprint density at radius 3 is 2.62 bits per heavy atom. The Morgan fingerprint density at radius 1 is 1.03 bits per heavy atom. The largest absolute Gasteiger partial charge is 0.284 e. The highest BCUT2D eigenvalue weighted by molar-refractivity contribution is 7.92. The van der Waals surface area contributed by atoms with E-state index in [-0.39, 0.29) is 0 Å². The summed E-state index contributed by atoms with van der Waals surface area (Å²) in [4.78, 5) is 13.8. The predicted molar refractivity (Wildman–Crippen MR) is 116 cm³/mol. The number of allylic oxidation sites excluding steroid dienone is 1. The highest BCUT2D eigenvalue weighted by Crippen LogP contribution is 2.34. The van der Waals surface area contributed by atoms with Gasteiger partial charge in [0, 0.05) is 23.2 Å². The normalized spacial score (nSPS) is 13.3. The molecule has 8 heteroatoms. The smallest absolute Gasteiger partial charge is 0.229 e. The molecule has 144 valence electrons. The molecule has 2 aromatic carbocycles. The van der Waals surface area contributed by atoms with Gasteiger partial charge in [0.1, 0.15) is 0 Å². The number of rotatable bonds is 4. The number of nitrogens with zero attached hydrogens (tertiary/aromatic N) is 3. The molecule has 0 saturated heterocycles. The van der Waals surface area contributed by atoms with Gasteiger partial charge in [-0.1, -0.05) is 24.3 Å². The Hall–Kier alpha value is -3.10. The maximum atomic E-state index is 11.4. The quantitative estimate of drug-likeness (QED) is 0.537. The van der Waals surface area contributed by atoms with Gasteiger partial charge < -0.3 is 0 Å². The SMILES string of the molecule is CS(=O)(=O)Nc1ccc(-c2cnc3c(n2)C(c2ccc4ncsc4c2)=CC3)cc1. The van der Waals surface area contributed by atoms with Gasteiger partial charge in [-0.25, -0.2) is 18.4 Å². The molecular formula is C21H16N4O2S2. The van der Waals surface area contributed by atoms with Crippen molar-refractivity contribution in [2.45, 2.75) is 6.42 Å². The van der Waals surface area contributed by atoms with Crippen LogP contribution in [0.5, 0.6) is 0 Å². The summed E-state index contributed by atoms with van der Waals surface area (Å²) in [5.74, 6) is 0. The van der Waals surface area contributed by atoms with E-state index in [4.69, 9.17) is 4.98 Å². The molecule has 0 saturated carbocycles. The molecule has 6 nitrogen and oxygen atoms in total. The van der Waals surface area contributed by atoms with Crippen molar-refractivity contribution in [2.24, 2.45) is 0 Å². The van der Waals surface area contributed by atoms with Crippen molar-refractivity contribution >= 4 is 42.8 Å². The van der Waals surface area contributed by atoms with Gasteiger partial charge in [0.2, 0.25) is 10.0 Å². The van der Waals surface area contributed by atoms with Crippen LogP contribution in [0, 0.1) is 0 Å². The van der Waals surface area contributed by atoms with Crippen LogP contribution < -0.4 is 4.72 Å². The molecule has 2 heterocycles. The molecule has 0 unspecified atom stereocenters. The van der Waals surface area contributed by atoms with Crippen molar-refractivity contribution in [3.05, 3.63) is 77.2 Å². The van der Waals surface area contributed by atoms with Crippen molar-refractivity contribution in [3.8, 4) is 11.3 Å². The van der Waals surface area contributed by atoms with Crippen LogP contribution in [0.15, 0.2) is 60.2 Å². The van der Waals surface area contributed by atoms with Crippen LogP contribution in [0.4, 0.5) is 5.69 Å². The Labute approximate surface area is 172 Å². The van der Waals surface area contributed by atoms with Crippen molar-refractivity contribution in [1.29, 1.82) is 0 Å². The first-order valence-electron chi connectivity index (χ1n) is 8.94. The monoisotopic (exact) mass is 420 g/mol. The lowest BCUT2D eigenvalue weighted by molar-refractivity contribution is 0.607. The number of hydrogen-bond acceptors (Lipinski definition) is 6. The van der Waals surface area contributed by atoms with E-state index in [1.165, 1.54) is 0 Å². The highest BCUT2D eigenvalue weighted by atomic mass is 32.2. The number of nitrogens with one attached hydrogen (secondary N) is 1. The minimum Gasteiger partial charge on any atom is -0.284 e. The van der Waals surface area contributed by atoms with Crippen LogP contribution in [0.2, 0.25) is 0 Å². The topological polar surface area (TPSA) is 84.8 Å². The molecule has 0 bridgehead atoms. The number of anilines is 1. The van der Waals surface area contributed by atoms with E-state index in [0.717, 1.165) is 56.7 Å². The summed E-state index contributed by atoms with van der Waals surface area (Å²) in [6.07, 6.45) is 5.82. The number of benzene rings is 2. The van der Waals surface area contributed by atoms with Crippen molar-refractivity contribution in [1.82, 2.24) is 15.0 Å². The second kappa shape index (κ2) is 6.75. The van der Waals surface area contributed by atoms with Gasteiger partial charge in [0.05, 0.1) is 45.3 Å². The molecule has 1 aliphatic rings. The molecule has 0 aliphatic heterocycles. The van der Waals surface area contributed by atoms with Crippen LogP contribution in [0.1, 0.15) is 17.0 Å². The van der Waals surface area contributed by atoms with Crippen LogP contribution in [-0.4, -0.2) is 29.6 Å². The molecule has 0 spiro atoms. The molecule has 29 heavy (non-hydrogen) atoms. The van der Waals surface area contributed by atoms with E-state index in [1.54, 1.807) is 29.7 Å². The predicted octanol–water partition coefficient (Wildman–Crippen LogP) is 4.11. The zero-order valence-corrected chi connectivity index (χ0v) is 17.1. The highest BCUT2D eigenvalue weighted by Gasteiger charge is 2.20. The van der Waals surface area contributed by atoms with Crippen LogP contribution in [-0.2, 0) is 16.4 Å². The van der Waals surface area contributed by atoms with E-state index in [2.05, 4.69) is 32.9 Å². The Bertz CT molecular complexity index is 1370. The summed E-state index contributed by atoms with van der Waals surface area (Å²) in [6, 6.07) is 13.4. The number of hydrogen-bond donors (Lipinski definition) is 1. The average Bonchev–Trinajstić information content (AvgIpc) is 3.33. The van der Waals surface area contributed by atoms with Gasteiger partial charge in [0.25, 0.3) is 0 Å². The van der Waals surface area contributed by atoms with Gasteiger partial charge in [-0.3, -0.25) is 9.71 Å². The summed E-state index contributed by atoms with van der Waals surface area (Å²) >= 11 is 1.62. The third-order valence-corrected chi connectivity index (χ3v) is 6.13. The average molecular weight is 421 g/mol. The fraction of sp³-hybridized carbons (Fsp3) is 0.0952. The molecule has 4 aromatic rings. The van der Waals surface area contributed by atoms with Crippen LogP contribution in [0.3, 0.4) is 0 Å². The van der Waals surface area contributed by atoms with Gasteiger partial charge >= 0.3 is 0 Å². The molecule has 2 aromatic heterocycles. The Morgan fingerprint density at radius 2 is 1.83 bits per heavy atom. The van der Waals surface area contributed by atoms with Gasteiger partial charge in [0.15, 0.2) is 0 Å². The number of sulfonamides is 1. The van der Waals surface area contributed by atoms with Crippen LogP contribution in [0.25, 0.3) is 27.0 Å². The first-order chi connectivity index (χ1) is 14.0. The third-order valence-electron chi connectivity index (χ3n) is 4.73. The lowest BCUT2D eigenvalue weighted by Crippen LogP contribution is -2.09. The molecule has 1 aliphatic carbocycles. The molecule has 5 rings (SSSR count). The fourth-order valence-electron chi connectivity index (χ4n) is 3.41. The summed E-state index contributed by atoms with van der Waals surface area (Å²) in [5, 5.41) is 0. The molecule has 0 fully saturated rings. The Balaban J connectivity index is 1.49. The van der Waals surface area contributed by atoms with E-state index in [1.807, 2.05) is 23.7 Å². The van der Waals surface area contributed by atoms with Crippen molar-refractivity contribution in [3.63, 3.8) is 0 Å². The standard InChI is InChI=1S/C21H16N4O2S2/c1-29(26,27)25-15-5-2-13(3-6-15)19-11-22-18-9-7-16(21(18)24-19)14-4-8-17-20(10-14)28-12-23-17/h2-8,10-12,25H,9H2,1H3. The van der Waals surface area contributed by atoms with Gasteiger partial charge in [-0.15, -0.1) is 11.3 Å². The van der Waals surface area contributed by atoms with Crippen molar-refractivity contribution < 1.29 is 8.42 Å². The van der Waals surface area contributed by atoms with E-state index < -0.39 is 10.0 Å². The summed E-state index contributed by atoms with van der Waals surface area (Å²) in [5.41, 5.74) is 9.05. The zero-order chi connectivity index (χ0) is 20.0. The number of thiazole rings is 1. The van der Waals surface area contributed by atoms with Gasteiger partial charge in [-0.2, -0.15) is 0 Å². The Kier molecular flexibility index (Phi) is 4.18. The second-order valence-electron chi connectivity index (χ2n) is 6.86. The molecule has 0 radical (unpaired) electrons. The summed E-state index contributed by atoms with van der Waals surface area (Å²) in [7, 11) is -3.30. The second-order valence-corrected chi connectivity index (χ2v) is 9.49. The summed E-state index contributed by atoms with van der Waals surface area (Å²) < 4.78 is 26.4. The lowest BCUT2D eigenvalue weighted by atomic mass is 10.0. The van der Waals surface area contributed by atoms with E-state index in [0.29, 0.717) is 5.69 Å². The molecule has 0 amide bonds. The van der Waals surface area contributed by atoms with E-state index >= 15 is 0 Å². The summed E-state index contributed by atoms with van der Waals surface area (Å²) in [6.45, 7) is 0. The molecule has 0 atom stereocenters. The van der Waals surface area contributed by atoms with Gasteiger partial charge in [-0.05, 0) is 29.8 Å². The maximum Gasteiger partial charge on any atom is 0.229 e. The minimum absolute atomic E-state index is 0.517. The minimum atomic E-state index is -3.30. The maximum absolute atomic E-state index is 11.4. The zero-order valence-electron chi connectivity index (χ0n) is 15.5. The van der Waals surface area contributed by atoms with Crippen molar-refractivity contribution in [2.75, 3.05) is 11.0 Å². The molecule has 1 N–H and O–H groups in total. The number of fused-ring (bicyclic) bond motifs is 2. The first-order valence-corrected chi connectivity index (χ1v) is 11.7. The lowest BCUT2D eigenvalue weighted by Gasteiger charge is -2.09. The van der Waals surface area contributed by atoms with E-state index in [9.17, 15) is 8.42 Å². The van der Waals surface area contributed by atoms with Crippen LogP contribution >= 0.6 is 11.3 Å². The first kappa shape index (κ1) is 18.0. The third kappa shape index (κ3) is 3.52. The number of aromatic nitrogens is 3. The fourth-order valence-corrected chi connectivity index (χ4v) is 4.69. The molecular weight excluding hydrogens is 404 g/mol.